The lowest BCUT2D eigenvalue weighted by Gasteiger charge is -2.29. The Morgan fingerprint density at radius 1 is 1.31 bits per heavy atom. The van der Waals surface area contributed by atoms with Crippen LogP contribution in [0.4, 0.5) is 0 Å². The van der Waals surface area contributed by atoms with Gasteiger partial charge < -0.3 is 15.5 Å². The Morgan fingerprint density at radius 2 is 1.92 bits per heavy atom. The highest BCUT2D eigenvalue weighted by Gasteiger charge is 2.41. The van der Waals surface area contributed by atoms with Crippen LogP contribution in [0.15, 0.2) is 35.5 Å². The summed E-state index contributed by atoms with van der Waals surface area (Å²) < 4.78 is 0. The number of amides is 1. The molecular formula is C21H33NO4. The molecule has 5 nitrogen and oxygen atoms in total. The Hall–Kier alpha value is -1.72. The van der Waals surface area contributed by atoms with Gasteiger partial charge in [0.2, 0.25) is 5.91 Å². The third kappa shape index (κ3) is 5.64. The number of hydrogen-bond acceptors (Lipinski definition) is 4. The molecule has 1 amide bonds. The summed E-state index contributed by atoms with van der Waals surface area (Å²) in [6, 6.07) is -0.202. The Bertz CT molecular complexity index is 620. The van der Waals surface area contributed by atoms with Crippen molar-refractivity contribution in [2.24, 2.45) is 11.8 Å². The van der Waals surface area contributed by atoms with Gasteiger partial charge in [-0.2, -0.15) is 0 Å². The van der Waals surface area contributed by atoms with E-state index in [0.717, 1.165) is 23.1 Å². The lowest BCUT2D eigenvalue weighted by atomic mass is 9.83. The standard InChI is InChI=1S/C21H33NO4/c1-7-18-16(5)10-14(3)8-13(2)9-15(4)11-21(26,12-23)19(24)17(6)20(25)22-18/h9-10,13,17-18,23,26H,3,7-8,11-12H2,1-2,4-6H3,(H,22,25)/b15-9+,16-10+/t13-,17-,18-,21-/m0/s1. The maximum absolute atomic E-state index is 12.7. The van der Waals surface area contributed by atoms with Crippen LogP contribution in [-0.2, 0) is 9.59 Å². The summed E-state index contributed by atoms with van der Waals surface area (Å²) in [5.74, 6) is -1.97. The molecule has 0 fully saturated rings. The molecule has 1 rings (SSSR count). The predicted octanol–water partition coefficient (Wildman–Crippen LogP) is 2.69. The fraction of sp³-hybridized carbons (Fsp3) is 0.619. The number of ketones is 1. The van der Waals surface area contributed by atoms with Crippen molar-refractivity contribution in [1.82, 2.24) is 5.32 Å². The smallest absolute Gasteiger partial charge is 0.230 e. The number of allylic oxidation sites excluding steroid dienone is 3. The minimum absolute atomic E-state index is 0.00282. The van der Waals surface area contributed by atoms with E-state index in [1.807, 2.05) is 39.8 Å². The maximum Gasteiger partial charge on any atom is 0.230 e. The van der Waals surface area contributed by atoms with Gasteiger partial charge in [-0.05, 0) is 39.5 Å². The number of aliphatic hydroxyl groups is 2. The van der Waals surface area contributed by atoms with E-state index >= 15 is 0 Å². The Morgan fingerprint density at radius 3 is 2.46 bits per heavy atom. The van der Waals surface area contributed by atoms with Gasteiger partial charge >= 0.3 is 0 Å². The molecule has 0 spiro atoms. The molecular weight excluding hydrogens is 330 g/mol. The number of carbonyl (C=O) groups is 2. The van der Waals surface area contributed by atoms with Gasteiger partial charge in [0.25, 0.3) is 0 Å². The van der Waals surface area contributed by atoms with Gasteiger partial charge in [-0.25, -0.2) is 0 Å². The average Bonchev–Trinajstić information content (AvgIpc) is 2.56. The Labute approximate surface area is 156 Å². The van der Waals surface area contributed by atoms with E-state index < -0.39 is 29.8 Å². The summed E-state index contributed by atoms with van der Waals surface area (Å²) in [7, 11) is 0. The van der Waals surface area contributed by atoms with Crippen molar-refractivity contribution in [2.45, 2.75) is 65.5 Å². The first-order valence-electron chi connectivity index (χ1n) is 9.25. The quantitative estimate of drug-likeness (QED) is 0.520. The monoisotopic (exact) mass is 363 g/mol. The molecule has 0 aliphatic carbocycles. The SMILES string of the molecule is C=C1/C=C(\C)[C@H](CC)NC(=O)[C@@H](C)C(=O)[C@@](O)(CO)C/C(C)=C/[C@@H](C)C1. The van der Waals surface area contributed by atoms with E-state index in [2.05, 4.69) is 11.9 Å². The van der Waals surface area contributed by atoms with Crippen LogP contribution in [0.3, 0.4) is 0 Å². The van der Waals surface area contributed by atoms with Gasteiger partial charge in [-0.15, -0.1) is 0 Å². The van der Waals surface area contributed by atoms with Crippen LogP contribution < -0.4 is 5.32 Å². The van der Waals surface area contributed by atoms with Crippen LogP contribution in [-0.4, -0.2) is 40.2 Å². The van der Waals surface area contributed by atoms with Gasteiger partial charge in [0.05, 0.1) is 12.5 Å². The van der Waals surface area contributed by atoms with Crippen LogP contribution in [0, 0.1) is 11.8 Å². The van der Waals surface area contributed by atoms with Crippen molar-refractivity contribution in [1.29, 1.82) is 0 Å². The molecule has 1 aliphatic heterocycles. The molecule has 0 bridgehead atoms. The fourth-order valence-electron chi connectivity index (χ4n) is 3.54. The molecule has 4 atom stereocenters. The van der Waals surface area contributed by atoms with E-state index in [0.29, 0.717) is 6.42 Å². The minimum Gasteiger partial charge on any atom is -0.393 e. The summed E-state index contributed by atoms with van der Waals surface area (Å²) in [6.45, 7) is 12.6. The van der Waals surface area contributed by atoms with E-state index in [-0.39, 0.29) is 18.4 Å². The topological polar surface area (TPSA) is 86.6 Å². The van der Waals surface area contributed by atoms with Crippen molar-refractivity contribution in [3.63, 3.8) is 0 Å². The van der Waals surface area contributed by atoms with Crippen LogP contribution in [0.2, 0.25) is 0 Å². The molecule has 0 aromatic carbocycles. The van der Waals surface area contributed by atoms with Crippen molar-refractivity contribution < 1.29 is 19.8 Å². The van der Waals surface area contributed by atoms with Crippen LogP contribution in [0.25, 0.3) is 0 Å². The summed E-state index contributed by atoms with van der Waals surface area (Å²) in [6.07, 6.45) is 5.40. The molecule has 0 unspecified atom stereocenters. The first-order chi connectivity index (χ1) is 12.0. The number of aliphatic hydroxyl groups excluding tert-OH is 1. The number of rotatable bonds is 2. The zero-order valence-corrected chi connectivity index (χ0v) is 16.6. The van der Waals surface area contributed by atoms with Gasteiger partial charge in [0.15, 0.2) is 5.78 Å². The van der Waals surface area contributed by atoms with E-state index in [1.165, 1.54) is 6.92 Å². The second-order valence-corrected chi connectivity index (χ2v) is 7.66. The molecule has 1 aliphatic rings. The van der Waals surface area contributed by atoms with Gasteiger partial charge in [-0.1, -0.05) is 49.3 Å². The highest BCUT2D eigenvalue weighted by Crippen LogP contribution is 2.25. The molecule has 0 aromatic heterocycles. The molecule has 5 heteroatoms. The van der Waals surface area contributed by atoms with Crippen LogP contribution in [0.5, 0.6) is 0 Å². The predicted molar refractivity (Wildman–Crippen MR) is 103 cm³/mol. The molecule has 0 aromatic rings. The number of nitrogens with one attached hydrogen (secondary N) is 1. The highest BCUT2D eigenvalue weighted by atomic mass is 16.3. The van der Waals surface area contributed by atoms with E-state index in [1.54, 1.807) is 0 Å². The fourth-order valence-corrected chi connectivity index (χ4v) is 3.54. The summed E-state index contributed by atoms with van der Waals surface area (Å²) >= 11 is 0. The zero-order valence-electron chi connectivity index (χ0n) is 16.6. The third-order valence-electron chi connectivity index (χ3n) is 4.94. The molecule has 26 heavy (non-hydrogen) atoms. The minimum atomic E-state index is -1.95. The second-order valence-electron chi connectivity index (χ2n) is 7.66. The zero-order chi connectivity index (χ0) is 20.1. The Kier molecular flexibility index (Phi) is 7.97. The van der Waals surface area contributed by atoms with E-state index in [4.69, 9.17) is 0 Å². The number of carbonyl (C=O) groups excluding carboxylic acids is 2. The second kappa shape index (κ2) is 9.28. The number of Topliss-reactive ketones (excluding diaryl/α,β-unsaturated/α-hetero) is 1. The normalized spacial score (nSPS) is 36.4. The van der Waals surface area contributed by atoms with Gasteiger partial charge in [0, 0.05) is 12.5 Å². The summed E-state index contributed by atoms with van der Waals surface area (Å²) in [4.78, 5) is 25.2. The first kappa shape index (κ1) is 22.3. The third-order valence-corrected chi connectivity index (χ3v) is 4.94. The summed E-state index contributed by atoms with van der Waals surface area (Å²) in [5, 5.41) is 23.2. The lowest BCUT2D eigenvalue weighted by molar-refractivity contribution is -0.149. The van der Waals surface area contributed by atoms with Gasteiger partial charge in [-0.3, -0.25) is 9.59 Å². The van der Waals surface area contributed by atoms with Crippen molar-refractivity contribution in [2.75, 3.05) is 6.61 Å². The average molecular weight is 363 g/mol. The van der Waals surface area contributed by atoms with Crippen molar-refractivity contribution >= 4 is 11.7 Å². The molecule has 0 radical (unpaired) electrons. The first-order valence-corrected chi connectivity index (χ1v) is 9.25. The largest absolute Gasteiger partial charge is 0.393 e. The lowest BCUT2D eigenvalue weighted by Crippen LogP contribution is -2.50. The maximum atomic E-state index is 12.7. The molecule has 1 heterocycles. The number of hydrogen-bond donors (Lipinski definition) is 3. The summed E-state index contributed by atoms with van der Waals surface area (Å²) in [5.41, 5.74) is 0.787. The highest BCUT2D eigenvalue weighted by molar-refractivity contribution is 6.05. The van der Waals surface area contributed by atoms with Crippen molar-refractivity contribution in [3.8, 4) is 0 Å². The van der Waals surface area contributed by atoms with Crippen LogP contribution in [0.1, 0.15) is 53.9 Å². The van der Waals surface area contributed by atoms with Crippen LogP contribution >= 0.6 is 0 Å². The van der Waals surface area contributed by atoms with Crippen molar-refractivity contribution in [3.05, 3.63) is 35.5 Å². The molecule has 146 valence electrons. The van der Waals surface area contributed by atoms with Gasteiger partial charge in [0.1, 0.15) is 5.60 Å². The molecule has 0 saturated heterocycles. The molecule has 3 N–H and O–H groups in total. The Balaban J connectivity index is 3.32. The van der Waals surface area contributed by atoms with E-state index in [9.17, 15) is 19.8 Å². The molecule has 0 saturated carbocycles.